The molecule has 0 bridgehead atoms. The number of anilines is 1. The van der Waals surface area contributed by atoms with Crippen LogP contribution in [-0.2, 0) is 6.42 Å². The summed E-state index contributed by atoms with van der Waals surface area (Å²) in [5.41, 5.74) is 6.57. The van der Waals surface area contributed by atoms with Crippen molar-refractivity contribution in [1.82, 2.24) is 5.16 Å². The number of halogens is 1. The first-order chi connectivity index (χ1) is 7.22. The molecule has 0 aliphatic heterocycles. The van der Waals surface area contributed by atoms with Crippen LogP contribution < -0.4 is 5.73 Å². The first-order valence-electron chi connectivity index (χ1n) is 4.72. The van der Waals surface area contributed by atoms with E-state index in [-0.39, 0.29) is 0 Å². The second-order valence-electron chi connectivity index (χ2n) is 3.23. The van der Waals surface area contributed by atoms with Crippen LogP contribution in [0, 0.1) is 0 Å². The molecule has 0 aliphatic rings. The molecule has 2 rings (SSSR count). The fraction of sp³-hybridized carbons (Fsp3) is 0.300. The average molecular weight is 227 g/mol. The van der Waals surface area contributed by atoms with Gasteiger partial charge in [0.15, 0.2) is 16.8 Å². The van der Waals surface area contributed by atoms with E-state index in [0.29, 0.717) is 22.6 Å². The van der Waals surface area contributed by atoms with Gasteiger partial charge in [0, 0.05) is 5.56 Å². The number of furan rings is 1. The first-order valence-corrected chi connectivity index (χ1v) is 5.10. The van der Waals surface area contributed by atoms with Crippen LogP contribution in [0.2, 0.25) is 5.22 Å². The van der Waals surface area contributed by atoms with Crippen molar-refractivity contribution in [3.8, 4) is 11.5 Å². The highest BCUT2D eigenvalue weighted by Crippen LogP contribution is 2.31. The normalized spacial score (nSPS) is 10.8. The van der Waals surface area contributed by atoms with Crippen molar-refractivity contribution in [3.05, 3.63) is 22.9 Å². The van der Waals surface area contributed by atoms with Gasteiger partial charge in [0.25, 0.3) is 0 Å². The Morgan fingerprint density at radius 2 is 2.27 bits per heavy atom. The second-order valence-corrected chi connectivity index (χ2v) is 3.60. The number of nitrogens with two attached hydrogens (primary N) is 1. The maximum absolute atomic E-state index is 5.69. The zero-order valence-electron chi connectivity index (χ0n) is 8.29. The van der Waals surface area contributed by atoms with Crippen molar-refractivity contribution in [2.75, 3.05) is 5.73 Å². The lowest BCUT2D eigenvalue weighted by Gasteiger charge is -1.96. The summed E-state index contributed by atoms with van der Waals surface area (Å²) in [5.74, 6) is 1.55. The van der Waals surface area contributed by atoms with Gasteiger partial charge >= 0.3 is 0 Å². The topological polar surface area (TPSA) is 65.2 Å². The van der Waals surface area contributed by atoms with Crippen molar-refractivity contribution < 1.29 is 8.94 Å². The van der Waals surface area contributed by atoms with Crippen LogP contribution >= 0.6 is 11.6 Å². The summed E-state index contributed by atoms with van der Waals surface area (Å²) in [6.07, 6.45) is 1.77. The molecule has 0 unspecified atom stereocenters. The predicted molar refractivity (Wildman–Crippen MR) is 57.6 cm³/mol. The molecule has 0 fully saturated rings. The number of nitrogens with zero attached hydrogens (tertiary/aromatic N) is 1. The highest BCUT2D eigenvalue weighted by Gasteiger charge is 2.17. The predicted octanol–water partition coefficient (Wildman–Crippen LogP) is 3.12. The maximum Gasteiger partial charge on any atom is 0.207 e. The Morgan fingerprint density at radius 1 is 1.47 bits per heavy atom. The highest BCUT2D eigenvalue weighted by atomic mass is 35.5. The third-order valence-corrected chi connectivity index (χ3v) is 2.32. The minimum absolute atomic E-state index is 0.322. The molecule has 0 saturated carbocycles. The molecule has 2 heterocycles. The van der Waals surface area contributed by atoms with Crippen LogP contribution in [0.1, 0.15) is 18.9 Å². The monoisotopic (exact) mass is 226 g/mol. The lowest BCUT2D eigenvalue weighted by Crippen LogP contribution is -1.92. The summed E-state index contributed by atoms with van der Waals surface area (Å²) < 4.78 is 10.4. The fourth-order valence-corrected chi connectivity index (χ4v) is 1.59. The Bertz CT molecular complexity index is 462. The molecule has 0 spiro atoms. The molecule has 0 amide bonds. The molecule has 0 aliphatic carbocycles. The van der Waals surface area contributed by atoms with Crippen molar-refractivity contribution in [3.63, 3.8) is 0 Å². The van der Waals surface area contributed by atoms with Crippen LogP contribution in [0.4, 0.5) is 5.82 Å². The minimum Gasteiger partial charge on any atom is -0.441 e. The van der Waals surface area contributed by atoms with Crippen molar-refractivity contribution in [2.24, 2.45) is 0 Å². The Morgan fingerprint density at radius 3 is 2.87 bits per heavy atom. The van der Waals surface area contributed by atoms with Crippen LogP contribution in [0.5, 0.6) is 0 Å². The SMILES string of the molecule is CCCc1c(N)noc1-c1ccc(Cl)o1. The van der Waals surface area contributed by atoms with Gasteiger partial charge in [0.1, 0.15) is 0 Å². The van der Waals surface area contributed by atoms with E-state index in [1.807, 2.05) is 0 Å². The van der Waals surface area contributed by atoms with Gasteiger partial charge in [-0.1, -0.05) is 18.5 Å². The van der Waals surface area contributed by atoms with Gasteiger partial charge in [0.2, 0.25) is 5.76 Å². The molecule has 15 heavy (non-hydrogen) atoms. The molecule has 0 saturated heterocycles. The zero-order valence-corrected chi connectivity index (χ0v) is 9.04. The maximum atomic E-state index is 5.69. The van der Waals surface area contributed by atoms with E-state index in [9.17, 15) is 0 Å². The Kier molecular flexibility index (Phi) is 2.68. The minimum atomic E-state index is 0.322. The molecule has 80 valence electrons. The van der Waals surface area contributed by atoms with E-state index >= 15 is 0 Å². The molecular weight excluding hydrogens is 216 g/mol. The van der Waals surface area contributed by atoms with E-state index in [0.717, 1.165) is 18.4 Å². The van der Waals surface area contributed by atoms with Gasteiger partial charge in [-0.05, 0) is 30.2 Å². The highest BCUT2D eigenvalue weighted by molar-refractivity contribution is 6.28. The summed E-state index contributed by atoms with van der Waals surface area (Å²) >= 11 is 5.69. The molecule has 0 radical (unpaired) electrons. The Labute approximate surface area is 92.0 Å². The van der Waals surface area contributed by atoms with Crippen LogP contribution in [-0.4, -0.2) is 5.16 Å². The summed E-state index contributed by atoms with van der Waals surface area (Å²) in [7, 11) is 0. The van der Waals surface area contributed by atoms with Crippen LogP contribution in [0.15, 0.2) is 21.1 Å². The van der Waals surface area contributed by atoms with E-state index in [4.69, 9.17) is 26.3 Å². The molecule has 4 nitrogen and oxygen atoms in total. The number of rotatable bonds is 3. The van der Waals surface area contributed by atoms with Gasteiger partial charge in [-0.2, -0.15) is 0 Å². The van der Waals surface area contributed by atoms with E-state index < -0.39 is 0 Å². The lowest BCUT2D eigenvalue weighted by molar-refractivity contribution is 0.420. The summed E-state index contributed by atoms with van der Waals surface area (Å²) in [5, 5.41) is 4.04. The van der Waals surface area contributed by atoms with Crippen molar-refractivity contribution in [2.45, 2.75) is 19.8 Å². The van der Waals surface area contributed by atoms with Crippen molar-refractivity contribution >= 4 is 17.4 Å². The van der Waals surface area contributed by atoms with Crippen molar-refractivity contribution in [1.29, 1.82) is 0 Å². The molecular formula is C10H11ClN2O2. The smallest absolute Gasteiger partial charge is 0.207 e. The summed E-state index contributed by atoms with van der Waals surface area (Å²) in [6, 6.07) is 3.40. The molecule has 2 aromatic rings. The van der Waals surface area contributed by atoms with E-state index in [2.05, 4.69) is 12.1 Å². The molecule has 2 aromatic heterocycles. The largest absolute Gasteiger partial charge is 0.441 e. The first kappa shape index (κ1) is 10.1. The van der Waals surface area contributed by atoms with E-state index in [1.54, 1.807) is 12.1 Å². The van der Waals surface area contributed by atoms with Gasteiger partial charge < -0.3 is 14.7 Å². The third kappa shape index (κ3) is 1.85. The Balaban J connectivity index is 2.43. The van der Waals surface area contributed by atoms with E-state index in [1.165, 1.54) is 0 Å². The standard InChI is InChI=1S/C10H11ClN2O2/c1-2-3-6-9(15-13-10(6)12)7-4-5-8(11)14-7/h4-5H,2-3H2,1H3,(H2,12,13). The van der Waals surface area contributed by atoms with Gasteiger partial charge in [-0.15, -0.1) is 0 Å². The quantitative estimate of drug-likeness (QED) is 0.873. The zero-order chi connectivity index (χ0) is 10.8. The number of hydrogen-bond donors (Lipinski definition) is 1. The van der Waals surface area contributed by atoms with Crippen LogP contribution in [0.3, 0.4) is 0 Å². The average Bonchev–Trinajstić information content (AvgIpc) is 2.76. The van der Waals surface area contributed by atoms with Gasteiger partial charge in [-0.25, -0.2) is 0 Å². The molecule has 2 N–H and O–H groups in total. The van der Waals surface area contributed by atoms with Crippen LogP contribution in [0.25, 0.3) is 11.5 Å². The number of hydrogen-bond acceptors (Lipinski definition) is 4. The molecule has 0 atom stereocenters. The number of nitrogen functional groups attached to an aromatic ring is 1. The van der Waals surface area contributed by atoms with Gasteiger partial charge in [0.05, 0.1) is 0 Å². The Hall–Kier alpha value is -1.42. The summed E-state index contributed by atoms with van der Waals surface area (Å²) in [4.78, 5) is 0. The second kappa shape index (κ2) is 3.98. The fourth-order valence-electron chi connectivity index (χ4n) is 1.44. The molecule has 0 aromatic carbocycles. The third-order valence-electron chi connectivity index (χ3n) is 2.12. The lowest BCUT2D eigenvalue weighted by atomic mass is 10.1. The summed E-state index contributed by atoms with van der Waals surface area (Å²) in [6.45, 7) is 2.06. The number of aromatic nitrogens is 1. The molecule has 5 heteroatoms. The van der Waals surface area contributed by atoms with Gasteiger partial charge in [-0.3, -0.25) is 0 Å².